The molecule has 0 saturated carbocycles. The molecule has 15 heavy (non-hydrogen) atoms. The van der Waals surface area contributed by atoms with Crippen LogP contribution in [-0.2, 0) is 0 Å². The molecule has 0 atom stereocenters. The molecule has 0 unspecified atom stereocenters. The zero-order valence-corrected chi connectivity index (χ0v) is 10.5. The smallest absolute Gasteiger partial charge is 0.120 e. The van der Waals surface area contributed by atoms with Gasteiger partial charge in [0.05, 0.1) is 22.3 Å². The molecule has 0 bridgehead atoms. The second-order valence-electron chi connectivity index (χ2n) is 3.27. The summed E-state index contributed by atoms with van der Waals surface area (Å²) in [4.78, 5) is 4.35. The number of nitrogens with zero attached hydrogens (tertiary/aromatic N) is 1. The second kappa shape index (κ2) is 5.71. The lowest BCUT2D eigenvalue weighted by molar-refractivity contribution is 0.415. The lowest BCUT2D eigenvalue weighted by Gasteiger charge is -1.96. The molecule has 0 saturated heterocycles. The second-order valence-corrected chi connectivity index (χ2v) is 4.51. The van der Waals surface area contributed by atoms with Crippen molar-refractivity contribution in [2.75, 3.05) is 7.11 Å². The highest BCUT2D eigenvalue weighted by Crippen LogP contribution is 2.25. The molecule has 0 aliphatic heterocycles. The first-order chi connectivity index (χ1) is 7.21. The van der Waals surface area contributed by atoms with Crippen molar-refractivity contribution in [3.63, 3.8) is 0 Å². The van der Waals surface area contributed by atoms with Crippen LogP contribution in [0.5, 0.6) is 5.75 Å². The van der Waals surface area contributed by atoms with Crippen molar-refractivity contribution in [3.05, 3.63) is 23.2 Å². The summed E-state index contributed by atoms with van der Waals surface area (Å²) in [5, 5.41) is 1.10. The molecule has 2 nitrogen and oxygen atoms in total. The van der Waals surface area contributed by atoms with Crippen LogP contribution in [0.1, 0.15) is 25.3 Å². The highest BCUT2D eigenvalue weighted by atomic mass is 32.1. The minimum atomic E-state index is 0.895. The zero-order valence-electron chi connectivity index (χ0n) is 9.70. The number of hydrogen-bond donors (Lipinski definition) is 0. The quantitative estimate of drug-likeness (QED) is 0.728. The molecule has 3 heteroatoms. The third kappa shape index (κ3) is 3.20. The summed E-state index contributed by atoms with van der Waals surface area (Å²) < 4.78 is 6.30. The van der Waals surface area contributed by atoms with Crippen molar-refractivity contribution in [2.24, 2.45) is 0 Å². The fraction of sp³-hybridized carbons (Fsp3) is 0.417. The van der Waals surface area contributed by atoms with Crippen molar-refractivity contribution in [1.82, 2.24) is 4.98 Å². The Morgan fingerprint density at radius 2 is 2.00 bits per heavy atom. The van der Waals surface area contributed by atoms with Gasteiger partial charge < -0.3 is 4.74 Å². The third-order valence-electron chi connectivity index (χ3n) is 1.70. The predicted octanol–water partition coefficient (Wildman–Crippen LogP) is 4.03. The third-order valence-corrected chi connectivity index (χ3v) is 2.64. The van der Waals surface area contributed by atoms with Gasteiger partial charge in [-0.25, -0.2) is 4.98 Å². The van der Waals surface area contributed by atoms with Gasteiger partial charge in [-0.3, -0.25) is 0 Å². The monoisotopic (exact) mass is 223 g/mol. The Bertz CT molecular complexity index is 422. The van der Waals surface area contributed by atoms with Gasteiger partial charge in [-0.1, -0.05) is 20.3 Å². The van der Waals surface area contributed by atoms with Crippen LogP contribution in [0.3, 0.4) is 0 Å². The molecule has 0 N–H and O–H groups in total. The fourth-order valence-electron chi connectivity index (χ4n) is 1.15. The van der Waals surface area contributed by atoms with Gasteiger partial charge in [-0.15, -0.1) is 11.3 Å². The number of rotatable bonds is 1. The SMILES string of the molecule is CCC.COc1ccc2nc(C)sc2c1. The van der Waals surface area contributed by atoms with Gasteiger partial charge in [0.15, 0.2) is 0 Å². The van der Waals surface area contributed by atoms with E-state index in [1.54, 1.807) is 18.4 Å². The molecule has 0 aliphatic carbocycles. The number of aromatic nitrogens is 1. The number of ether oxygens (including phenoxy) is 1. The van der Waals surface area contributed by atoms with Gasteiger partial charge in [-0.2, -0.15) is 0 Å². The van der Waals surface area contributed by atoms with Crippen LogP contribution in [0.2, 0.25) is 0 Å². The summed E-state index contributed by atoms with van der Waals surface area (Å²) in [6, 6.07) is 5.93. The van der Waals surface area contributed by atoms with Gasteiger partial charge in [0, 0.05) is 0 Å². The standard InChI is InChI=1S/C9H9NOS.C3H8/c1-6-10-8-4-3-7(11-2)5-9(8)12-6;1-3-2/h3-5H,1-2H3;3H2,1-2H3. The van der Waals surface area contributed by atoms with Crippen molar-refractivity contribution in [3.8, 4) is 5.75 Å². The first-order valence-corrected chi connectivity index (χ1v) is 5.94. The van der Waals surface area contributed by atoms with Gasteiger partial charge >= 0.3 is 0 Å². The Kier molecular flexibility index (Phi) is 4.56. The van der Waals surface area contributed by atoms with Crippen LogP contribution in [0.15, 0.2) is 18.2 Å². The number of benzene rings is 1. The average Bonchev–Trinajstić information content (AvgIpc) is 2.57. The highest BCUT2D eigenvalue weighted by Gasteiger charge is 2.00. The van der Waals surface area contributed by atoms with Crippen molar-refractivity contribution < 1.29 is 4.74 Å². The maximum absolute atomic E-state index is 5.11. The van der Waals surface area contributed by atoms with E-state index < -0.39 is 0 Å². The van der Waals surface area contributed by atoms with Crippen molar-refractivity contribution >= 4 is 21.6 Å². The lowest BCUT2D eigenvalue weighted by Crippen LogP contribution is -1.80. The Hall–Kier alpha value is -1.09. The van der Waals surface area contributed by atoms with E-state index in [1.807, 2.05) is 25.1 Å². The molecule has 2 rings (SSSR count). The predicted molar refractivity (Wildman–Crippen MR) is 66.9 cm³/mol. The number of methoxy groups -OCH3 is 1. The van der Waals surface area contributed by atoms with E-state index in [9.17, 15) is 0 Å². The fourth-order valence-corrected chi connectivity index (χ4v) is 2.00. The average molecular weight is 223 g/mol. The van der Waals surface area contributed by atoms with E-state index in [0.29, 0.717) is 0 Å². The van der Waals surface area contributed by atoms with E-state index in [4.69, 9.17) is 4.74 Å². The molecule has 0 radical (unpaired) electrons. The molecule has 2 aromatic rings. The molecular weight excluding hydrogens is 206 g/mol. The molecule has 0 amide bonds. The molecule has 0 fully saturated rings. The van der Waals surface area contributed by atoms with E-state index in [1.165, 1.54) is 11.1 Å². The van der Waals surface area contributed by atoms with Crippen LogP contribution >= 0.6 is 11.3 Å². The Morgan fingerprint density at radius 1 is 1.33 bits per heavy atom. The van der Waals surface area contributed by atoms with E-state index in [2.05, 4.69) is 18.8 Å². The molecule has 1 aromatic heterocycles. The van der Waals surface area contributed by atoms with Crippen LogP contribution in [0.4, 0.5) is 0 Å². The van der Waals surface area contributed by atoms with E-state index in [-0.39, 0.29) is 0 Å². The lowest BCUT2D eigenvalue weighted by atomic mass is 10.3. The first-order valence-electron chi connectivity index (χ1n) is 5.12. The molecule has 0 spiro atoms. The molecule has 0 aliphatic rings. The molecule has 1 aromatic carbocycles. The van der Waals surface area contributed by atoms with E-state index in [0.717, 1.165) is 16.3 Å². The van der Waals surface area contributed by atoms with Crippen molar-refractivity contribution in [2.45, 2.75) is 27.2 Å². The summed E-state index contributed by atoms with van der Waals surface area (Å²) in [6.07, 6.45) is 1.25. The summed E-state index contributed by atoms with van der Waals surface area (Å²) in [5.74, 6) is 0.895. The summed E-state index contributed by atoms with van der Waals surface area (Å²) >= 11 is 1.69. The van der Waals surface area contributed by atoms with Gasteiger partial charge in [-0.05, 0) is 25.1 Å². The van der Waals surface area contributed by atoms with Gasteiger partial charge in [0.2, 0.25) is 0 Å². The largest absolute Gasteiger partial charge is 0.497 e. The van der Waals surface area contributed by atoms with Crippen LogP contribution in [-0.4, -0.2) is 12.1 Å². The Balaban J connectivity index is 0.000000337. The highest BCUT2D eigenvalue weighted by molar-refractivity contribution is 7.18. The topological polar surface area (TPSA) is 22.1 Å². The number of fused-ring (bicyclic) bond motifs is 1. The maximum Gasteiger partial charge on any atom is 0.120 e. The van der Waals surface area contributed by atoms with Crippen LogP contribution < -0.4 is 4.74 Å². The molecular formula is C12H17NOS. The number of hydrogen-bond acceptors (Lipinski definition) is 3. The molecule has 1 heterocycles. The molecule has 82 valence electrons. The summed E-state index contributed by atoms with van der Waals surface area (Å²) in [6.45, 7) is 6.26. The first kappa shape index (κ1) is 12.0. The minimum absolute atomic E-state index is 0.895. The zero-order chi connectivity index (χ0) is 11.3. The maximum atomic E-state index is 5.11. The summed E-state index contributed by atoms with van der Waals surface area (Å²) in [5.41, 5.74) is 1.05. The summed E-state index contributed by atoms with van der Waals surface area (Å²) in [7, 11) is 1.68. The van der Waals surface area contributed by atoms with E-state index >= 15 is 0 Å². The number of thiazole rings is 1. The van der Waals surface area contributed by atoms with Crippen LogP contribution in [0.25, 0.3) is 10.2 Å². The Labute approximate surface area is 94.9 Å². The van der Waals surface area contributed by atoms with Gasteiger partial charge in [0.25, 0.3) is 0 Å². The van der Waals surface area contributed by atoms with Crippen LogP contribution in [0, 0.1) is 6.92 Å². The minimum Gasteiger partial charge on any atom is -0.497 e. The van der Waals surface area contributed by atoms with Crippen molar-refractivity contribution in [1.29, 1.82) is 0 Å². The normalized spacial score (nSPS) is 9.60. The van der Waals surface area contributed by atoms with Gasteiger partial charge in [0.1, 0.15) is 5.75 Å². The Morgan fingerprint density at radius 3 is 2.60 bits per heavy atom. The number of aryl methyl sites for hydroxylation is 1.